The summed E-state index contributed by atoms with van der Waals surface area (Å²) in [6.07, 6.45) is 1.90. The quantitative estimate of drug-likeness (QED) is 0.559. The Morgan fingerprint density at radius 1 is 1.06 bits per heavy atom. The van der Waals surface area contributed by atoms with Crippen molar-refractivity contribution >= 4 is 33.3 Å². The summed E-state index contributed by atoms with van der Waals surface area (Å²) in [4.78, 5) is 24.4. The van der Waals surface area contributed by atoms with Crippen LogP contribution >= 0.6 is 0 Å². The minimum absolute atomic E-state index is 0.267. The fourth-order valence-corrected chi connectivity index (χ4v) is 3.65. The van der Waals surface area contributed by atoms with E-state index in [0.717, 1.165) is 17.0 Å². The average molecular weight is 449 g/mol. The fraction of sp³-hybridized carbons (Fsp3) is 0.364. The second-order valence-electron chi connectivity index (χ2n) is 6.91. The first-order valence-electron chi connectivity index (χ1n) is 9.94. The maximum absolute atomic E-state index is 12.6. The number of anilines is 2. The molecule has 1 amide bonds. The van der Waals surface area contributed by atoms with Gasteiger partial charge in [0.2, 0.25) is 15.9 Å². The van der Waals surface area contributed by atoms with Gasteiger partial charge < -0.3 is 14.8 Å². The van der Waals surface area contributed by atoms with E-state index in [9.17, 15) is 18.0 Å². The number of ether oxygens (including phenoxy) is 2. The Bertz CT molecular complexity index is 1020. The van der Waals surface area contributed by atoms with Gasteiger partial charge in [0.15, 0.2) is 0 Å². The van der Waals surface area contributed by atoms with Crippen molar-refractivity contribution in [2.45, 2.75) is 27.2 Å². The molecule has 0 aromatic heterocycles. The number of carbonyl (C=O) groups is 2. The highest BCUT2D eigenvalue weighted by atomic mass is 32.2. The van der Waals surface area contributed by atoms with Gasteiger partial charge in [0.25, 0.3) is 0 Å². The van der Waals surface area contributed by atoms with E-state index in [1.54, 1.807) is 56.3 Å². The van der Waals surface area contributed by atoms with Crippen molar-refractivity contribution in [1.29, 1.82) is 0 Å². The van der Waals surface area contributed by atoms with E-state index >= 15 is 0 Å². The Morgan fingerprint density at radius 2 is 1.74 bits per heavy atom. The number of benzene rings is 2. The number of sulfonamides is 1. The number of aryl methyl sites for hydroxylation is 1. The summed E-state index contributed by atoms with van der Waals surface area (Å²) in [5.74, 6) is -0.331. The summed E-state index contributed by atoms with van der Waals surface area (Å²) >= 11 is 0. The van der Waals surface area contributed by atoms with Crippen LogP contribution in [0.5, 0.6) is 5.75 Å². The van der Waals surface area contributed by atoms with E-state index in [2.05, 4.69) is 5.32 Å². The van der Waals surface area contributed by atoms with Gasteiger partial charge in [-0.15, -0.1) is 0 Å². The van der Waals surface area contributed by atoms with Gasteiger partial charge in [-0.2, -0.15) is 0 Å². The third kappa shape index (κ3) is 6.99. The van der Waals surface area contributed by atoms with Crippen LogP contribution in [0.4, 0.5) is 11.4 Å². The molecule has 1 N–H and O–H groups in total. The summed E-state index contributed by atoms with van der Waals surface area (Å²) in [5, 5.41) is 2.70. The van der Waals surface area contributed by atoms with Crippen LogP contribution in [0.3, 0.4) is 0 Å². The van der Waals surface area contributed by atoms with Gasteiger partial charge in [0.1, 0.15) is 12.3 Å². The van der Waals surface area contributed by atoms with Gasteiger partial charge in [0.05, 0.1) is 30.7 Å². The molecule has 9 heteroatoms. The Labute approximate surface area is 183 Å². The van der Waals surface area contributed by atoms with Crippen molar-refractivity contribution in [3.05, 3.63) is 53.6 Å². The molecule has 0 fully saturated rings. The maximum Gasteiger partial charge on any atom is 0.338 e. The first kappa shape index (κ1) is 24.2. The molecular formula is C22H28N2O6S. The third-order valence-electron chi connectivity index (χ3n) is 4.30. The van der Waals surface area contributed by atoms with Crippen LogP contribution in [-0.4, -0.2) is 46.3 Å². The molecule has 0 saturated carbocycles. The summed E-state index contributed by atoms with van der Waals surface area (Å²) in [5.41, 5.74) is 1.87. The minimum Gasteiger partial charge on any atom is -0.494 e. The molecule has 2 aromatic rings. The molecule has 0 bridgehead atoms. The van der Waals surface area contributed by atoms with Crippen LogP contribution in [0.1, 0.15) is 36.2 Å². The van der Waals surface area contributed by atoms with Crippen LogP contribution < -0.4 is 14.4 Å². The molecule has 0 saturated heterocycles. The largest absolute Gasteiger partial charge is 0.494 e. The second-order valence-corrected chi connectivity index (χ2v) is 8.82. The topological polar surface area (TPSA) is 102 Å². The highest BCUT2D eigenvalue weighted by Crippen LogP contribution is 2.22. The molecule has 0 radical (unpaired) electrons. The van der Waals surface area contributed by atoms with Gasteiger partial charge in [-0.3, -0.25) is 9.10 Å². The van der Waals surface area contributed by atoms with Gasteiger partial charge in [-0.25, -0.2) is 13.2 Å². The molecule has 0 spiro atoms. The molecule has 0 aliphatic carbocycles. The number of hydrogen-bond donors (Lipinski definition) is 1. The Balaban J connectivity index is 2.14. The molecule has 0 atom stereocenters. The summed E-state index contributed by atoms with van der Waals surface area (Å²) in [6, 6.07) is 11.3. The lowest BCUT2D eigenvalue weighted by atomic mass is 10.1. The third-order valence-corrected chi connectivity index (χ3v) is 5.44. The predicted octanol–water partition coefficient (Wildman–Crippen LogP) is 3.37. The monoisotopic (exact) mass is 448 g/mol. The first-order chi connectivity index (χ1) is 14.7. The van der Waals surface area contributed by atoms with Crippen molar-refractivity contribution in [2.75, 3.05) is 35.6 Å². The SMILES string of the molecule is CCCOc1ccc(N(CC(=O)Nc2ccc(C(=O)OCC)cc2C)S(C)(=O)=O)cc1. The number of nitrogens with zero attached hydrogens (tertiary/aromatic N) is 1. The van der Waals surface area contributed by atoms with Crippen LogP contribution in [0.25, 0.3) is 0 Å². The molecule has 31 heavy (non-hydrogen) atoms. The summed E-state index contributed by atoms with van der Waals surface area (Å²) in [6.45, 7) is 5.88. The molecule has 8 nitrogen and oxygen atoms in total. The van der Waals surface area contributed by atoms with Crippen LogP contribution in [0.2, 0.25) is 0 Å². The number of carbonyl (C=O) groups excluding carboxylic acids is 2. The van der Waals surface area contributed by atoms with Crippen LogP contribution in [0.15, 0.2) is 42.5 Å². The average Bonchev–Trinajstić information content (AvgIpc) is 2.72. The van der Waals surface area contributed by atoms with E-state index in [1.165, 1.54) is 0 Å². The van der Waals surface area contributed by atoms with Gasteiger partial charge in [0, 0.05) is 5.69 Å². The molecule has 2 aromatic carbocycles. The summed E-state index contributed by atoms with van der Waals surface area (Å²) < 4.78 is 36.1. The predicted molar refractivity (Wildman–Crippen MR) is 120 cm³/mol. The zero-order valence-electron chi connectivity index (χ0n) is 18.2. The standard InChI is InChI=1S/C22H28N2O6S/c1-5-13-30-19-10-8-18(9-11-19)24(31(4,27)28)15-21(25)23-20-12-7-17(14-16(20)3)22(26)29-6-2/h7-12,14H,5-6,13,15H2,1-4H3,(H,23,25). The Morgan fingerprint density at radius 3 is 2.29 bits per heavy atom. The van der Waals surface area contributed by atoms with Crippen molar-refractivity contribution in [3.8, 4) is 5.75 Å². The highest BCUT2D eigenvalue weighted by molar-refractivity contribution is 7.92. The van der Waals surface area contributed by atoms with E-state index < -0.39 is 28.4 Å². The van der Waals surface area contributed by atoms with Crippen molar-refractivity contribution in [2.24, 2.45) is 0 Å². The Hall–Kier alpha value is -3.07. The molecule has 2 rings (SSSR count). The molecular weight excluding hydrogens is 420 g/mol. The van der Waals surface area contributed by atoms with E-state index in [4.69, 9.17) is 9.47 Å². The van der Waals surface area contributed by atoms with E-state index in [-0.39, 0.29) is 6.61 Å². The lowest BCUT2D eigenvalue weighted by molar-refractivity contribution is -0.114. The molecule has 0 heterocycles. The number of amides is 1. The minimum atomic E-state index is -3.70. The van der Waals surface area contributed by atoms with Crippen molar-refractivity contribution in [3.63, 3.8) is 0 Å². The van der Waals surface area contributed by atoms with Gasteiger partial charge in [-0.1, -0.05) is 6.92 Å². The van der Waals surface area contributed by atoms with E-state index in [1.807, 2.05) is 6.92 Å². The normalized spacial score (nSPS) is 11.0. The second kappa shape index (κ2) is 10.8. The van der Waals surface area contributed by atoms with Crippen molar-refractivity contribution < 1.29 is 27.5 Å². The number of esters is 1. The number of hydrogen-bond acceptors (Lipinski definition) is 6. The maximum atomic E-state index is 12.6. The molecule has 0 unspecified atom stereocenters. The van der Waals surface area contributed by atoms with E-state index in [0.29, 0.717) is 34.9 Å². The number of nitrogens with one attached hydrogen (secondary N) is 1. The van der Waals surface area contributed by atoms with Crippen LogP contribution in [0, 0.1) is 6.92 Å². The molecule has 0 aliphatic rings. The molecule has 0 aliphatic heterocycles. The summed E-state index contributed by atoms with van der Waals surface area (Å²) in [7, 11) is -3.70. The lowest BCUT2D eigenvalue weighted by Gasteiger charge is -2.22. The zero-order valence-corrected chi connectivity index (χ0v) is 19.0. The lowest BCUT2D eigenvalue weighted by Crippen LogP contribution is -2.37. The zero-order chi connectivity index (χ0) is 23.0. The molecule has 168 valence electrons. The van der Waals surface area contributed by atoms with Crippen LogP contribution in [-0.2, 0) is 19.6 Å². The first-order valence-corrected chi connectivity index (χ1v) is 11.8. The Kier molecular flexibility index (Phi) is 8.44. The van der Waals surface area contributed by atoms with Crippen molar-refractivity contribution in [1.82, 2.24) is 0 Å². The number of rotatable bonds is 10. The van der Waals surface area contributed by atoms with Gasteiger partial charge >= 0.3 is 5.97 Å². The highest BCUT2D eigenvalue weighted by Gasteiger charge is 2.21. The van der Waals surface area contributed by atoms with Gasteiger partial charge in [-0.05, 0) is 68.3 Å². The fourth-order valence-electron chi connectivity index (χ4n) is 2.79. The smallest absolute Gasteiger partial charge is 0.338 e.